The third kappa shape index (κ3) is 1.69. The second kappa shape index (κ2) is 5.00. The number of piperidine rings is 1. The Labute approximate surface area is 149 Å². The molecule has 0 aromatic heterocycles. The van der Waals surface area contributed by atoms with Crippen LogP contribution in [0.5, 0.6) is 5.75 Å². The number of benzene rings is 1. The molecule has 4 heteroatoms. The van der Waals surface area contributed by atoms with Crippen LogP contribution in [0.15, 0.2) is 18.2 Å². The van der Waals surface area contributed by atoms with E-state index in [2.05, 4.69) is 17.9 Å². The fourth-order valence-corrected chi connectivity index (χ4v) is 7.22. The van der Waals surface area contributed by atoms with Crippen molar-refractivity contribution in [2.75, 3.05) is 18.0 Å². The summed E-state index contributed by atoms with van der Waals surface area (Å²) in [6.07, 6.45) is 7.21. The molecule has 1 aromatic rings. The SMILES string of the molecule is CC[C@@]12CCCN3CC[C@]4(c5cccc(O)c5N(C(C)=O)[C@@H]4CC1)[C@H]32. The van der Waals surface area contributed by atoms with Gasteiger partial charge < -0.3 is 10.0 Å². The lowest BCUT2D eigenvalue weighted by molar-refractivity contribution is -0.118. The van der Waals surface area contributed by atoms with Crippen LogP contribution in [-0.2, 0) is 10.2 Å². The number of anilines is 1. The van der Waals surface area contributed by atoms with Crippen LogP contribution in [0.3, 0.4) is 0 Å². The van der Waals surface area contributed by atoms with Gasteiger partial charge in [0, 0.05) is 24.4 Å². The fraction of sp³-hybridized carbons (Fsp3) is 0.667. The number of hydrogen-bond donors (Lipinski definition) is 1. The molecule has 1 N–H and O–H groups in total. The zero-order valence-corrected chi connectivity index (χ0v) is 15.3. The number of fused-ring (bicyclic) bond motifs is 1. The molecule has 1 aliphatic carbocycles. The zero-order chi connectivity index (χ0) is 17.4. The van der Waals surface area contributed by atoms with Gasteiger partial charge in [0.25, 0.3) is 0 Å². The lowest BCUT2D eigenvalue weighted by atomic mass is 9.52. The maximum Gasteiger partial charge on any atom is 0.224 e. The minimum absolute atomic E-state index is 0.00836. The van der Waals surface area contributed by atoms with Crippen molar-refractivity contribution in [2.45, 2.75) is 69.9 Å². The summed E-state index contributed by atoms with van der Waals surface area (Å²) < 4.78 is 0. The Bertz CT molecular complexity index is 747. The number of amides is 1. The maximum atomic E-state index is 12.6. The summed E-state index contributed by atoms with van der Waals surface area (Å²) in [6.45, 7) is 6.33. The van der Waals surface area contributed by atoms with E-state index >= 15 is 0 Å². The number of aromatic hydroxyl groups is 1. The van der Waals surface area contributed by atoms with E-state index in [4.69, 9.17) is 0 Å². The molecule has 134 valence electrons. The number of carbonyl (C=O) groups excluding carboxylic acids is 1. The maximum absolute atomic E-state index is 12.6. The van der Waals surface area contributed by atoms with E-state index in [1.807, 2.05) is 11.0 Å². The molecule has 4 nitrogen and oxygen atoms in total. The Morgan fingerprint density at radius 3 is 2.88 bits per heavy atom. The van der Waals surface area contributed by atoms with Crippen molar-refractivity contribution in [3.63, 3.8) is 0 Å². The second-order valence-corrected chi connectivity index (χ2v) is 8.67. The average Bonchev–Trinajstić information content (AvgIpc) is 3.14. The van der Waals surface area contributed by atoms with Gasteiger partial charge in [-0.3, -0.25) is 9.69 Å². The predicted molar refractivity (Wildman–Crippen MR) is 97.9 cm³/mol. The van der Waals surface area contributed by atoms with E-state index < -0.39 is 0 Å². The summed E-state index contributed by atoms with van der Waals surface area (Å²) in [7, 11) is 0. The van der Waals surface area contributed by atoms with Gasteiger partial charge in [-0.2, -0.15) is 0 Å². The predicted octanol–water partition coefficient (Wildman–Crippen LogP) is 3.42. The summed E-state index contributed by atoms with van der Waals surface area (Å²) >= 11 is 0. The van der Waals surface area contributed by atoms with E-state index in [1.165, 1.54) is 37.8 Å². The van der Waals surface area contributed by atoms with Crippen LogP contribution in [0.1, 0.15) is 57.9 Å². The van der Waals surface area contributed by atoms with Gasteiger partial charge in [-0.25, -0.2) is 0 Å². The first-order valence-electron chi connectivity index (χ1n) is 9.91. The van der Waals surface area contributed by atoms with Gasteiger partial charge in [0.1, 0.15) is 5.75 Å². The van der Waals surface area contributed by atoms with Crippen molar-refractivity contribution < 1.29 is 9.90 Å². The van der Waals surface area contributed by atoms with E-state index in [9.17, 15) is 9.90 Å². The highest BCUT2D eigenvalue weighted by Gasteiger charge is 2.68. The molecule has 5 rings (SSSR count). The molecule has 4 aliphatic rings. The number of phenolic OH excluding ortho intramolecular Hbond substituents is 1. The van der Waals surface area contributed by atoms with Gasteiger partial charge in [0.2, 0.25) is 5.91 Å². The van der Waals surface area contributed by atoms with Crippen LogP contribution in [0.2, 0.25) is 0 Å². The molecule has 2 saturated heterocycles. The van der Waals surface area contributed by atoms with E-state index in [1.54, 1.807) is 13.0 Å². The molecule has 3 aliphatic heterocycles. The van der Waals surface area contributed by atoms with Crippen molar-refractivity contribution >= 4 is 11.6 Å². The van der Waals surface area contributed by atoms with E-state index in [-0.39, 0.29) is 23.1 Å². The first-order valence-corrected chi connectivity index (χ1v) is 9.91. The molecular formula is C21H28N2O2. The van der Waals surface area contributed by atoms with E-state index in [0.29, 0.717) is 11.5 Å². The topological polar surface area (TPSA) is 43.8 Å². The number of phenols is 1. The molecule has 0 unspecified atom stereocenters. The highest BCUT2D eigenvalue weighted by Crippen LogP contribution is 2.66. The van der Waals surface area contributed by atoms with Crippen LogP contribution in [0, 0.1) is 5.41 Å². The monoisotopic (exact) mass is 340 g/mol. The number of rotatable bonds is 1. The molecule has 1 aromatic carbocycles. The van der Waals surface area contributed by atoms with Crippen LogP contribution in [0.4, 0.5) is 5.69 Å². The average molecular weight is 340 g/mol. The van der Waals surface area contributed by atoms with Gasteiger partial charge in [0.15, 0.2) is 0 Å². The molecule has 3 fully saturated rings. The molecule has 1 spiro atoms. The van der Waals surface area contributed by atoms with Gasteiger partial charge in [0.05, 0.1) is 5.69 Å². The summed E-state index contributed by atoms with van der Waals surface area (Å²) in [5.74, 6) is 0.343. The van der Waals surface area contributed by atoms with Crippen LogP contribution < -0.4 is 4.90 Å². The number of carbonyl (C=O) groups is 1. The molecule has 1 saturated carbocycles. The fourth-order valence-electron chi connectivity index (χ4n) is 7.22. The zero-order valence-electron chi connectivity index (χ0n) is 15.3. The minimum Gasteiger partial charge on any atom is -0.506 e. The Morgan fingerprint density at radius 1 is 1.28 bits per heavy atom. The Morgan fingerprint density at radius 2 is 2.12 bits per heavy atom. The largest absolute Gasteiger partial charge is 0.506 e. The quantitative estimate of drug-likeness (QED) is 0.852. The third-order valence-corrected chi connectivity index (χ3v) is 7.99. The summed E-state index contributed by atoms with van der Waals surface area (Å²) in [4.78, 5) is 17.3. The first kappa shape index (κ1) is 15.7. The summed E-state index contributed by atoms with van der Waals surface area (Å²) in [5, 5.41) is 10.6. The van der Waals surface area contributed by atoms with Crippen LogP contribution in [-0.4, -0.2) is 41.1 Å². The number of para-hydroxylation sites is 1. The first-order chi connectivity index (χ1) is 12.0. The molecule has 25 heavy (non-hydrogen) atoms. The normalized spacial score (nSPS) is 39.0. The summed E-state index contributed by atoms with van der Waals surface area (Å²) in [6, 6.07) is 6.62. The van der Waals surface area contributed by atoms with Crippen LogP contribution >= 0.6 is 0 Å². The highest BCUT2D eigenvalue weighted by molar-refractivity contribution is 5.98. The van der Waals surface area contributed by atoms with Gasteiger partial charge in [-0.15, -0.1) is 0 Å². The molecule has 0 bridgehead atoms. The van der Waals surface area contributed by atoms with Crippen molar-refractivity contribution in [3.05, 3.63) is 23.8 Å². The highest BCUT2D eigenvalue weighted by atomic mass is 16.3. The Kier molecular flexibility index (Phi) is 3.14. The van der Waals surface area contributed by atoms with Gasteiger partial charge >= 0.3 is 0 Å². The van der Waals surface area contributed by atoms with E-state index in [0.717, 1.165) is 25.1 Å². The smallest absolute Gasteiger partial charge is 0.224 e. The standard InChI is InChI=1S/C21H28N2O2/c1-3-20-9-5-12-22-13-11-21(19(20)22)15-6-4-7-16(25)18(15)23(14(2)24)17(21)8-10-20/h4,6-7,17,19,25H,3,5,8-13H2,1-2H3/t17-,19-,20-,21-/m1/s1. The molecule has 0 radical (unpaired) electrons. The second-order valence-electron chi connectivity index (χ2n) is 8.67. The van der Waals surface area contributed by atoms with Crippen molar-refractivity contribution in [3.8, 4) is 5.75 Å². The lowest BCUT2D eigenvalue weighted by Crippen LogP contribution is -2.65. The Hall–Kier alpha value is -1.55. The number of nitrogens with zero attached hydrogens (tertiary/aromatic N) is 2. The lowest BCUT2D eigenvalue weighted by Gasteiger charge is -2.58. The van der Waals surface area contributed by atoms with Gasteiger partial charge in [-0.1, -0.05) is 19.1 Å². The molecule has 3 heterocycles. The molecule has 4 atom stereocenters. The molecule has 1 amide bonds. The van der Waals surface area contributed by atoms with Crippen LogP contribution in [0.25, 0.3) is 0 Å². The van der Waals surface area contributed by atoms with Crippen molar-refractivity contribution in [1.82, 2.24) is 4.90 Å². The molecular weight excluding hydrogens is 312 g/mol. The van der Waals surface area contributed by atoms with Crippen molar-refractivity contribution in [2.24, 2.45) is 5.41 Å². The summed E-state index contributed by atoms with van der Waals surface area (Å²) in [5.41, 5.74) is 2.42. The number of hydrogen-bond acceptors (Lipinski definition) is 3. The Balaban J connectivity index is 1.77. The van der Waals surface area contributed by atoms with Gasteiger partial charge in [-0.05, 0) is 68.7 Å². The third-order valence-electron chi connectivity index (χ3n) is 7.99. The van der Waals surface area contributed by atoms with Crippen molar-refractivity contribution in [1.29, 1.82) is 0 Å². The minimum atomic E-state index is 0.00836.